The lowest BCUT2D eigenvalue weighted by atomic mass is 9.76. The fraction of sp³-hybridized carbons (Fsp3) is 0.457. The number of hydrogen-bond acceptors (Lipinski definition) is 13. The number of nitro benzene ring substituents is 1. The van der Waals surface area contributed by atoms with Gasteiger partial charge < -0.3 is 34.8 Å². The van der Waals surface area contributed by atoms with Gasteiger partial charge in [-0.05, 0) is 37.6 Å². The van der Waals surface area contributed by atoms with Crippen LogP contribution in [0.15, 0.2) is 42.5 Å². The Morgan fingerprint density at radius 1 is 0.830 bits per heavy atom. The first kappa shape index (κ1) is 40.2. The van der Waals surface area contributed by atoms with Crippen LogP contribution in [-0.4, -0.2) is 148 Å². The fourth-order valence-corrected chi connectivity index (χ4v) is 6.76. The molecule has 0 bridgehead atoms. The van der Waals surface area contributed by atoms with Gasteiger partial charge in [0.2, 0.25) is 5.72 Å². The van der Waals surface area contributed by atoms with Crippen molar-refractivity contribution in [2.75, 3.05) is 77.5 Å². The predicted octanol–water partition coefficient (Wildman–Crippen LogP) is 1.45. The molecule has 0 saturated heterocycles. The van der Waals surface area contributed by atoms with Crippen molar-refractivity contribution in [3.63, 3.8) is 0 Å². The van der Waals surface area contributed by atoms with Crippen LogP contribution in [0.1, 0.15) is 30.5 Å². The minimum absolute atomic E-state index is 0.0330. The number of esters is 1. The Balaban J connectivity index is 1.43. The van der Waals surface area contributed by atoms with Gasteiger partial charge in [0.1, 0.15) is 5.75 Å². The Labute approximate surface area is 304 Å². The quantitative estimate of drug-likeness (QED) is 0.0853. The standard InChI is InChI=1S/C35H43N5O13/c1-34(2)26-6-4-5-7-27(26)36(3)35(34)10-8-23-16-25(40(50)51)17-24(33(23)53-35)9-15-52-32(49)22-39(21-31(47)48)14-12-37(18-28(41)42)11-13-38(19-29(43)44)20-30(45)46/h4-8,10,16-17H,9,11-15,18-22H2,1-3H3,(H,41,42)(H,43,44)(H,45,46)(H,47,48). The van der Waals surface area contributed by atoms with Crippen LogP contribution in [-0.2, 0) is 40.5 Å². The van der Waals surface area contributed by atoms with Crippen molar-refractivity contribution in [1.29, 1.82) is 0 Å². The molecule has 1 atom stereocenters. The van der Waals surface area contributed by atoms with Gasteiger partial charge in [-0.1, -0.05) is 18.2 Å². The summed E-state index contributed by atoms with van der Waals surface area (Å²) >= 11 is 0. The normalized spacial score (nSPS) is 16.8. The number of aliphatic carboxylic acids is 4. The van der Waals surface area contributed by atoms with Gasteiger partial charge in [0.15, 0.2) is 0 Å². The van der Waals surface area contributed by atoms with Crippen molar-refractivity contribution >= 4 is 47.3 Å². The van der Waals surface area contributed by atoms with Crippen molar-refractivity contribution in [3.05, 3.63) is 69.3 Å². The molecule has 2 aromatic carbocycles. The van der Waals surface area contributed by atoms with Crippen LogP contribution in [0.25, 0.3) is 6.08 Å². The van der Waals surface area contributed by atoms with Crippen LogP contribution in [0.3, 0.4) is 0 Å². The predicted molar refractivity (Wildman–Crippen MR) is 188 cm³/mol. The van der Waals surface area contributed by atoms with E-state index in [1.54, 1.807) is 6.08 Å². The number of anilines is 1. The van der Waals surface area contributed by atoms with E-state index in [0.717, 1.165) is 16.2 Å². The maximum atomic E-state index is 13.0. The lowest BCUT2D eigenvalue weighted by Crippen LogP contribution is -2.58. The number of non-ortho nitro benzene ring substituents is 1. The van der Waals surface area contributed by atoms with E-state index < -0.39 is 78.6 Å². The van der Waals surface area contributed by atoms with Crippen molar-refractivity contribution in [2.45, 2.75) is 31.4 Å². The third kappa shape index (κ3) is 9.65. The van der Waals surface area contributed by atoms with E-state index in [1.165, 1.54) is 21.9 Å². The number of ether oxygens (including phenoxy) is 2. The zero-order chi connectivity index (χ0) is 39.1. The van der Waals surface area contributed by atoms with Crippen molar-refractivity contribution < 1.29 is 58.8 Å². The monoisotopic (exact) mass is 741 g/mol. The van der Waals surface area contributed by atoms with Crippen LogP contribution in [0, 0.1) is 10.1 Å². The Morgan fingerprint density at radius 2 is 1.36 bits per heavy atom. The third-order valence-corrected chi connectivity index (χ3v) is 9.36. The zero-order valence-corrected chi connectivity index (χ0v) is 29.6. The van der Waals surface area contributed by atoms with Crippen LogP contribution in [0.5, 0.6) is 5.75 Å². The molecule has 2 heterocycles. The Morgan fingerprint density at radius 3 is 1.91 bits per heavy atom. The number of hydrogen-bond donors (Lipinski definition) is 4. The maximum absolute atomic E-state index is 13.0. The molecule has 0 fully saturated rings. The molecule has 286 valence electrons. The lowest BCUT2D eigenvalue weighted by molar-refractivity contribution is -0.385. The second-order valence-corrected chi connectivity index (χ2v) is 13.4. The number of carboxylic acid groups (broad SMARTS) is 4. The zero-order valence-electron chi connectivity index (χ0n) is 29.6. The second kappa shape index (κ2) is 16.8. The van der Waals surface area contributed by atoms with E-state index >= 15 is 0 Å². The minimum atomic E-state index is -1.27. The highest BCUT2D eigenvalue weighted by atomic mass is 16.6. The smallest absolute Gasteiger partial charge is 0.320 e. The molecule has 1 unspecified atom stereocenters. The number of rotatable bonds is 20. The molecule has 18 nitrogen and oxygen atoms in total. The molecule has 2 aliphatic rings. The number of nitrogens with zero attached hydrogens (tertiary/aromatic N) is 5. The SMILES string of the molecule is CN1c2ccccc2C(C)(C)C12C=Cc1cc([N+](=O)[O-])cc(CCOC(=O)CN(CCN(CCN(CC(=O)O)CC(=O)O)CC(=O)O)CC(=O)O)c1O2. The summed E-state index contributed by atoms with van der Waals surface area (Å²) in [6.45, 7) is 0.818. The molecule has 0 radical (unpaired) electrons. The van der Waals surface area contributed by atoms with Crippen LogP contribution in [0.2, 0.25) is 0 Å². The summed E-state index contributed by atoms with van der Waals surface area (Å²) in [4.78, 5) is 75.3. The number of fused-ring (bicyclic) bond motifs is 2. The first-order valence-electron chi connectivity index (χ1n) is 16.7. The van der Waals surface area contributed by atoms with Gasteiger partial charge in [-0.25, -0.2) is 0 Å². The first-order chi connectivity index (χ1) is 24.9. The molecule has 2 aliphatic heterocycles. The molecule has 4 N–H and O–H groups in total. The molecule has 0 aromatic heterocycles. The average Bonchev–Trinajstić information content (AvgIpc) is 3.22. The largest absolute Gasteiger partial charge is 0.480 e. The van der Waals surface area contributed by atoms with Crippen LogP contribution < -0.4 is 9.64 Å². The number of carbonyl (C=O) groups is 5. The summed E-state index contributed by atoms with van der Waals surface area (Å²) in [5, 5.41) is 48.8. The first-order valence-corrected chi connectivity index (χ1v) is 16.7. The van der Waals surface area contributed by atoms with E-state index in [9.17, 15) is 44.3 Å². The summed E-state index contributed by atoms with van der Waals surface area (Å²) in [6, 6.07) is 10.7. The summed E-state index contributed by atoms with van der Waals surface area (Å²) in [5.74, 6) is -5.42. The van der Waals surface area contributed by atoms with Crippen LogP contribution >= 0.6 is 0 Å². The molecule has 0 saturated carbocycles. The molecule has 2 aromatic rings. The average molecular weight is 742 g/mol. The topological polar surface area (TPSA) is 241 Å². The van der Waals surface area contributed by atoms with E-state index in [2.05, 4.69) is 13.8 Å². The molecular formula is C35H43N5O13. The lowest BCUT2D eigenvalue weighted by Gasteiger charge is -2.46. The molecule has 0 amide bonds. The summed E-state index contributed by atoms with van der Waals surface area (Å²) in [5.41, 5.74) is 1.26. The van der Waals surface area contributed by atoms with Gasteiger partial charge >= 0.3 is 29.8 Å². The summed E-state index contributed by atoms with van der Waals surface area (Å²) in [6.07, 6.45) is 3.71. The van der Waals surface area contributed by atoms with Gasteiger partial charge in [-0.2, -0.15) is 0 Å². The third-order valence-electron chi connectivity index (χ3n) is 9.36. The number of carboxylic acids is 4. The van der Waals surface area contributed by atoms with E-state index in [-0.39, 0.29) is 44.9 Å². The highest BCUT2D eigenvalue weighted by Gasteiger charge is 2.57. The van der Waals surface area contributed by atoms with Gasteiger partial charge in [0.05, 0.1) is 49.7 Å². The Kier molecular flexibility index (Phi) is 12.8. The van der Waals surface area contributed by atoms with Crippen LogP contribution in [0.4, 0.5) is 11.4 Å². The minimum Gasteiger partial charge on any atom is -0.480 e. The number of para-hydroxylation sites is 1. The number of benzene rings is 2. The van der Waals surface area contributed by atoms with Gasteiger partial charge in [0.25, 0.3) is 5.69 Å². The Hall–Kier alpha value is -5.59. The number of nitro groups is 1. The van der Waals surface area contributed by atoms with E-state index in [1.807, 2.05) is 42.3 Å². The van der Waals surface area contributed by atoms with Crippen molar-refractivity contribution in [1.82, 2.24) is 14.7 Å². The maximum Gasteiger partial charge on any atom is 0.320 e. The summed E-state index contributed by atoms with van der Waals surface area (Å²) in [7, 11) is 1.91. The molecule has 0 aliphatic carbocycles. The molecule has 53 heavy (non-hydrogen) atoms. The van der Waals surface area contributed by atoms with Gasteiger partial charge in [-0.3, -0.25) is 48.8 Å². The molecule has 1 spiro atoms. The molecule has 4 rings (SSSR count). The van der Waals surface area contributed by atoms with Crippen molar-refractivity contribution in [2.24, 2.45) is 0 Å². The molecule has 18 heteroatoms. The fourth-order valence-electron chi connectivity index (χ4n) is 6.76. The Bertz CT molecular complexity index is 1760. The second-order valence-electron chi connectivity index (χ2n) is 13.4. The van der Waals surface area contributed by atoms with Crippen molar-refractivity contribution in [3.8, 4) is 5.75 Å². The summed E-state index contributed by atoms with van der Waals surface area (Å²) < 4.78 is 12.2. The molecular weight excluding hydrogens is 698 g/mol. The highest BCUT2D eigenvalue weighted by molar-refractivity contribution is 5.76. The van der Waals surface area contributed by atoms with E-state index in [0.29, 0.717) is 16.9 Å². The number of carbonyl (C=O) groups excluding carboxylic acids is 1. The van der Waals surface area contributed by atoms with Gasteiger partial charge in [-0.15, -0.1) is 0 Å². The highest BCUT2D eigenvalue weighted by Crippen LogP contribution is 2.54. The number of likely N-dealkylation sites (N-methyl/N-ethyl adjacent to an activating group) is 1. The van der Waals surface area contributed by atoms with E-state index in [4.69, 9.17) is 19.7 Å². The van der Waals surface area contributed by atoms with Gasteiger partial charge in [0, 0.05) is 68.6 Å².